The summed E-state index contributed by atoms with van der Waals surface area (Å²) in [6.07, 6.45) is -11.0. The van der Waals surface area contributed by atoms with Crippen LogP contribution in [0.1, 0.15) is 12.8 Å². The van der Waals surface area contributed by atoms with Crippen molar-refractivity contribution in [1.82, 2.24) is 0 Å². The molecule has 0 amide bonds. The van der Waals surface area contributed by atoms with Crippen LogP contribution in [-0.2, 0) is 23.7 Å². The first-order valence-electron chi connectivity index (χ1n) is 10.6. The van der Waals surface area contributed by atoms with Crippen molar-refractivity contribution in [3.63, 3.8) is 0 Å². The topological polar surface area (TPSA) is 265 Å². The zero-order valence-corrected chi connectivity index (χ0v) is 17.5. The number of rotatable bonds is 6. The van der Waals surface area contributed by atoms with Gasteiger partial charge in [-0.3, -0.25) is 0 Å². The molecule has 14 heteroatoms. The molecule has 1 saturated carbocycles. The summed E-state index contributed by atoms with van der Waals surface area (Å²) >= 11 is 0. The quantitative estimate of drug-likeness (QED) is 0.165. The Balaban J connectivity index is 1.71. The van der Waals surface area contributed by atoms with E-state index in [-0.39, 0.29) is 19.4 Å². The lowest BCUT2D eigenvalue weighted by Crippen LogP contribution is -2.68. The van der Waals surface area contributed by atoms with Gasteiger partial charge in [-0.2, -0.15) is 0 Å². The molecule has 32 heavy (non-hydrogen) atoms. The molecular formula is C18H35N5O9. The van der Waals surface area contributed by atoms with Crippen molar-refractivity contribution in [1.29, 1.82) is 0 Å². The van der Waals surface area contributed by atoms with Gasteiger partial charge in [-0.1, -0.05) is 0 Å². The average molecular weight is 466 g/mol. The largest absolute Gasteiger partial charge is 0.390 e. The molecule has 2 aliphatic heterocycles. The maximum atomic E-state index is 11.2. The van der Waals surface area contributed by atoms with Gasteiger partial charge in [-0.25, -0.2) is 0 Å². The van der Waals surface area contributed by atoms with E-state index in [9.17, 15) is 25.2 Å². The standard InChI is InChI=1S/C18H35N5O9/c19-3-9-8(25)2-7(22)17(29-9)31-15-5(20)1-6(21)16(14(15)28)32-18-13(27)11(23)12(26)10(4-24)30-18/h4-18,25-28H,1-3,19-23H2/t5-,6+,7+,8-,9+,10+,11-,12+,13+,14-,15+,16-,17+,18+/m0/s1. The van der Waals surface area contributed by atoms with Gasteiger partial charge in [0.25, 0.3) is 0 Å². The molecule has 186 valence electrons. The van der Waals surface area contributed by atoms with Gasteiger partial charge in [-0.15, -0.1) is 0 Å². The monoisotopic (exact) mass is 465 g/mol. The minimum atomic E-state index is -1.49. The van der Waals surface area contributed by atoms with Gasteiger partial charge < -0.3 is 72.8 Å². The summed E-state index contributed by atoms with van der Waals surface area (Å²) in [5, 5.41) is 41.2. The molecule has 2 saturated heterocycles. The highest BCUT2D eigenvalue weighted by atomic mass is 16.7. The van der Waals surface area contributed by atoms with Crippen molar-refractivity contribution >= 4 is 6.29 Å². The minimum absolute atomic E-state index is 0.0462. The Morgan fingerprint density at radius 2 is 1.41 bits per heavy atom. The number of aliphatic hydroxyl groups excluding tert-OH is 4. The molecule has 3 fully saturated rings. The molecule has 0 aromatic heterocycles. The van der Waals surface area contributed by atoms with Crippen molar-refractivity contribution in [2.45, 2.75) is 98.4 Å². The Labute approximate surface area is 184 Å². The highest BCUT2D eigenvalue weighted by molar-refractivity contribution is 5.57. The molecule has 0 aromatic rings. The molecule has 0 spiro atoms. The molecule has 3 rings (SSSR count). The fourth-order valence-corrected chi connectivity index (χ4v) is 4.34. The number of carbonyl (C=O) groups excluding carboxylic acids is 1. The van der Waals surface area contributed by atoms with E-state index in [1.807, 2.05) is 0 Å². The smallest absolute Gasteiger partial charge is 0.186 e. The number of aldehydes is 1. The SMILES string of the molecule is NC[C@H]1O[C@H](O[C@H]2[C@H](O)[C@@H](O[C@H]3O[C@H](C=O)[C@@H](O)[C@H](N)[C@H]3O)[C@H](N)C[C@@H]2N)[C@H](N)C[C@@H]1O. The highest BCUT2D eigenvalue weighted by Crippen LogP contribution is 2.30. The van der Waals surface area contributed by atoms with E-state index < -0.39 is 85.6 Å². The lowest BCUT2D eigenvalue weighted by atomic mass is 9.84. The first-order chi connectivity index (χ1) is 15.1. The Bertz CT molecular complexity index is 636. The number of hydrogen-bond donors (Lipinski definition) is 9. The summed E-state index contributed by atoms with van der Waals surface area (Å²) in [7, 11) is 0. The van der Waals surface area contributed by atoms with Crippen molar-refractivity contribution in [3.05, 3.63) is 0 Å². The molecule has 0 bridgehead atoms. The van der Waals surface area contributed by atoms with Gasteiger partial charge >= 0.3 is 0 Å². The third-order valence-electron chi connectivity index (χ3n) is 6.31. The Morgan fingerprint density at radius 1 is 0.812 bits per heavy atom. The molecule has 2 heterocycles. The molecule has 0 unspecified atom stereocenters. The lowest BCUT2D eigenvalue weighted by molar-refractivity contribution is -0.307. The second-order valence-electron chi connectivity index (χ2n) is 8.66. The number of nitrogens with two attached hydrogens (primary N) is 5. The van der Waals surface area contributed by atoms with Gasteiger partial charge in [-0.05, 0) is 12.8 Å². The van der Waals surface area contributed by atoms with E-state index in [4.69, 9.17) is 47.6 Å². The summed E-state index contributed by atoms with van der Waals surface area (Å²) < 4.78 is 22.5. The summed E-state index contributed by atoms with van der Waals surface area (Å²) in [6, 6.07) is -3.39. The van der Waals surface area contributed by atoms with E-state index in [1.54, 1.807) is 0 Å². The number of aliphatic hydroxyl groups is 4. The second kappa shape index (κ2) is 10.6. The van der Waals surface area contributed by atoms with Crippen LogP contribution in [0.25, 0.3) is 0 Å². The summed E-state index contributed by atoms with van der Waals surface area (Å²) in [5.41, 5.74) is 29.7. The van der Waals surface area contributed by atoms with Gasteiger partial charge in [0.2, 0.25) is 0 Å². The molecule has 14 atom stereocenters. The van der Waals surface area contributed by atoms with E-state index >= 15 is 0 Å². The molecule has 3 aliphatic rings. The first kappa shape index (κ1) is 25.8. The van der Waals surface area contributed by atoms with Crippen LogP contribution < -0.4 is 28.7 Å². The van der Waals surface area contributed by atoms with Crippen molar-refractivity contribution in [3.8, 4) is 0 Å². The molecule has 14 N–H and O–H groups in total. The Hall–Kier alpha value is -0.850. The highest BCUT2D eigenvalue weighted by Gasteiger charge is 2.50. The maximum absolute atomic E-state index is 11.2. The number of hydrogen-bond acceptors (Lipinski definition) is 14. The van der Waals surface area contributed by atoms with Crippen LogP contribution in [0.4, 0.5) is 0 Å². The van der Waals surface area contributed by atoms with E-state index in [0.29, 0.717) is 6.29 Å². The van der Waals surface area contributed by atoms with Crippen molar-refractivity contribution in [2.75, 3.05) is 6.54 Å². The predicted octanol–water partition coefficient (Wildman–Crippen LogP) is -6.09. The molecule has 0 radical (unpaired) electrons. The fraction of sp³-hybridized carbons (Fsp3) is 0.944. The van der Waals surface area contributed by atoms with Crippen LogP contribution in [0, 0.1) is 0 Å². The third-order valence-corrected chi connectivity index (χ3v) is 6.31. The molecular weight excluding hydrogens is 430 g/mol. The third kappa shape index (κ3) is 5.12. The van der Waals surface area contributed by atoms with Crippen LogP contribution in [0.5, 0.6) is 0 Å². The molecule has 1 aliphatic carbocycles. The zero-order valence-electron chi connectivity index (χ0n) is 17.5. The van der Waals surface area contributed by atoms with Crippen LogP contribution >= 0.6 is 0 Å². The van der Waals surface area contributed by atoms with Crippen molar-refractivity contribution < 1.29 is 44.2 Å². The minimum Gasteiger partial charge on any atom is -0.390 e. The van der Waals surface area contributed by atoms with Crippen LogP contribution in [-0.4, -0.2) is 119 Å². The van der Waals surface area contributed by atoms with Crippen LogP contribution in [0.2, 0.25) is 0 Å². The number of ether oxygens (including phenoxy) is 4. The summed E-state index contributed by atoms with van der Waals surface area (Å²) in [4.78, 5) is 11.2. The lowest BCUT2D eigenvalue weighted by Gasteiger charge is -2.47. The Kier molecular flexibility index (Phi) is 8.54. The zero-order chi connectivity index (χ0) is 23.7. The fourth-order valence-electron chi connectivity index (χ4n) is 4.34. The first-order valence-corrected chi connectivity index (χ1v) is 10.6. The number of carbonyl (C=O) groups is 1. The van der Waals surface area contributed by atoms with Gasteiger partial charge in [0, 0.05) is 18.6 Å². The summed E-state index contributed by atoms with van der Waals surface area (Å²) in [6.45, 7) is 0.0462. The van der Waals surface area contributed by atoms with Gasteiger partial charge in [0.05, 0.1) is 24.3 Å². The van der Waals surface area contributed by atoms with Gasteiger partial charge in [0.15, 0.2) is 18.9 Å². The van der Waals surface area contributed by atoms with E-state index in [1.165, 1.54) is 0 Å². The van der Waals surface area contributed by atoms with E-state index in [0.717, 1.165) is 0 Å². The van der Waals surface area contributed by atoms with Gasteiger partial charge in [0.1, 0.15) is 36.6 Å². The predicted molar refractivity (Wildman–Crippen MR) is 107 cm³/mol. The van der Waals surface area contributed by atoms with Crippen molar-refractivity contribution in [2.24, 2.45) is 28.7 Å². The normalized spacial score (nSPS) is 52.5. The molecule has 0 aromatic carbocycles. The van der Waals surface area contributed by atoms with Crippen LogP contribution in [0.3, 0.4) is 0 Å². The maximum Gasteiger partial charge on any atom is 0.186 e. The second-order valence-corrected chi connectivity index (χ2v) is 8.66. The van der Waals surface area contributed by atoms with E-state index in [2.05, 4.69) is 0 Å². The average Bonchev–Trinajstić information content (AvgIpc) is 2.75. The Morgan fingerprint density at radius 3 is 1.97 bits per heavy atom. The summed E-state index contributed by atoms with van der Waals surface area (Å²) in [5.74, 6) is 0. The van der Waals surface area contributed by atoms with Crippen LogP contribution in [0.15, 0.2) is 0 Å². The molecule has 14 nitrogen and oxygen atoms in total.